The SMILES string of the molecule is CC(C)C1CCCCN1C(=O)c1ccc(C(F)(F)F)cc1. The van der Waals surface area contributed by atoms with Crippen molar-refractivity contribution in [2.24, 2.45) is 5.92 Å². The third-order valence-electron chi connectivity index (χ3n) is 4.04. The molecule has 1 aliphatic rings. The Kier molecular flexibility index (Phi) is 4.59. The lowest BCUT2D eigenvalue weighted by Crippen LogP contribution is -2.46. The number of alkyl halides is 3. The Hall–Kier alpha value is -1.52. The van der Waals surface area contributed by atoms with E-state index in [9.17, 15) is 18.0 Å². The largest absolute Gasteiger partial charge is 0.416 e. The zero-order chi connectivity index (χ0) is 15.6. The molecule has 2 rings (SSSR count). The summed E-state index contributed by atoms with van der Waals surface area (Å²) >= 11 is 0. The zero-order valence-corrected chi connectivity index (χ0v) is 12.3. The number of halogens is 3. The van der Waals surface area contributed by atoms with Crippen molar-refractivity contribution in [1.29, 1.82) is 0 Å². The Labute approximate surface area is 122 Å². The van der Waals surface area contributed by atoms with Crippen molar-refractivity contribution in [3.63, 3.8) is 0 Å². The lowest BCUT2D eigenvalue weighted by atomic mass is 9.92. The lowest BCUT2D eigenvalue weighted by molar-refractivity contribution is -0.137. The summed E-state index contributed by atoms with van der Waals surface area (Å²) in [7, 11) is 0. The van der Waals surface area contributed by atoms with Gasteiger partial charge in [-0.15, -0.1) is 0 Å². The number of amides is 1. The van der Waals surface area contributed by atoms with E-state index in [1.165, 1.54) is 12.1 Å². The minimum absolute atomic E-state index is 0.165. The molecule has 1 aromatic carbocycles. The predicted molar refractivity (Wildman–Crippen MR) is 75.0 cm³/mol. The molecule has 0 spiro atoms. The highest BCUT2D eigenvalue weighted by atomic mass is 19.4. The summed E-state index contributed by atoms with van der Waals surface area (Å²) in [6.07, 6.45) is -1.35. The smallest absolute Gasteiger partial charge is 0.335 e. The first kappa shape index (κ1) is 15.9. The molecule has 1 saturated heterocycles. The Balaban J connectivity index is 2.19. The lowest BCUT2D eigenvalue weighted by Gasteiger charge is -2.38. The molecule has 116 valence electrons. The molecule has 5 heteroatoms. The molecule has 0 radical (unpaired) electrons. The molecular formula is C16H20F3NO. The minimum Gasteiger partial charge on any atom is -0.335 e. The highest BCUT2D eigenvalue weighted by Crippen LogP contribution is 2.30. The van der Waals surface area contributed by atoms with Gasteiger partial charge in [0.05, 0.1) is 5.56 Å². The van der Waals surface area contributed by atoms with Crippen LogP contribution in [0.4, 0.5) is 13.2 Å². The van der Waals surface area contributed by atoms with E-state index in [2.05, 4.69) is 13.8 Å². The number of carbonyl (C=O) groups excluding carboxylic acids is 1. The van der Waals surface area contributed by atoms with Crippen LogP contribution in [0.5, 0.6) is 0 Å². The van der Waals surface area contributed by atoms with Gasteiger partial charge in [-0.2, -0.15) is 13.2 Å². The van der Waals surface area contributed by atoms with Crippen molar-refractivity contribution < 1.29 is 18.0 Å². The number of nitrogens with zero attached hydrogens (tertiary/aromatic N) is 1. The maximum atomic E-state index is 12.5. The fraction of sp³-hybridized carbons (Fsp3) is 0.562. The van der Waals surface area contributed by atoms with Crippen molar-refractivity contribution in [2.45, 2.75) is 45.3 Å². The Morgan fingerprint density at radius 1 is 1.19 bits per heavy atom. The highest BCUT2D eigenvalue weighted by molar-refractivity contribution is 5.94. The standard InChI is InChI=1S/C16H20F3NO/c1-11(2)14-5-3-4-10-20(14)15(21)12-6-8-13(9-7-12)16(17,18)19/h6-9,11,14H,3-5,10H2,1-2H3. The van der Waals surface area contributed by atoms with Crippen LogP contribution in [0.3, 0.4) is 0 Å². The normalized spacial score (nSPS) is 19.9. The molecule has 1 aliphatic heterocycles. The molecule has 1 unspecified atom stereocenters. The van der Waals surface area contributed by atoms with E-state index in [4.69, 9.17) is 0 Å². The summed E-state index contributed by atoms with van der Waals surface area (Å²) in [4.78, 5) is 14.3. The van der Waals surface area contributed by atoms with Gasteiger partial charge in [0.25, 0.3) is 5.91 Å². The van der Waals surface area contributed by atoms with Crippen LogP contribution in [0.25, 0.3) is 0 Å². The zero-order valence-electron chi connectivity index (χ0n) is 12.3. The average molecular weight is 299 g/mol. The van der Waals surface area contributed by atoms with Crippen LogP contribution in [0, 0.1) is 5.92 Å². The van der Waals surface area contributed by atoms with E-state index in [-0.39, 0.29) is 11.9 Å². The third kappa shape index (κ3) is 3.57. The third-order valence-corrected chi connectivity index (χ3v) is 4.04. The van der Waals surface area contributed by atoms with Crippen LogP contribution in [0.2, 0.25) is 0 Å². The van der Waals surface area contributed by atoms with Gasteiger partial charge in [-0.25, -0.2) is 0 Å². The van der Waals surface area contributed by atoms with Crippen LogP contribution >= 0.6 is 0 Å². The number of rotatable bonds is 2. The topological polar surface area (TPSA) is 20.3 Å². The highest BCUT2D eigenvalue weighted by Gasteiger charge is 2.32. The molecular weight excluding hydrogens is 279 g/mol. The van der Waals surface area contributed by atoms with Gasteiger partial charge in [-0.3, -0.25) is 4.79 Å². The number of piperidine rings is 1. The predicted octanol–water partition coefficient (Wildman–Crippen LogP) is 4.36. The maximum Gasteiger partial charge on any atom is 0.416 e. The van der Waals surface area contributed by atoms with Gasteiger partial charge in [0, 0.05) is 18.2 Å². The maximum absolute atomic E-state index is 12.5. The second-order valence-corrected chi connectivity index (χ2v) is 5.88. The molecule has 2 nitrogen and oxygen atoms in total. The summed E-state index contributed by atoms with van der Waals surface area (Å²) in [5, 5.41) is 0. The molecule has 1 atom stereocenters. The van der Waals surface area contributed by atoms with Crippen LogP contribution < -0.4 is 0 Å². The van der Waals surface area contributed by atoms with E-state index >= 15 is 0 Å². The van der Waals surface area contributed by atoms with Gasteiger partial charge in [0.15, 0.2) is 0 Å². The van der Waals surface area contributed by atoms with E-state index in [1.807, 2.05) is 4.90 Å². The van der Waals surface area contributed by atoms with Crippen molar-refractivity contribution in [2.75, 3.05) is 6.54 Å². The van der Waals surface area contributed by atoms with Crippen molar-refractivity contribution in [3.05, 3.63) is 35.4 Å². The first-order chi connectivity index (χ1) is 9.80. The van der Waals surface area contributed by atoms with Crippen LogP contribution in [0.15, 0.2) is 24.3 Å². The Morgan fingerprint density at radius 2 is 1.81 bits per heavy atom. The van der Waals surface area contributed by atoms with Gasteiger partial charge in [0.2, 0.25) is 0 Å². The molecule has 1 aromatic rings. The molecule has 1 heterocycles. The number of benzene rings is 1. The van der Waals surface area contributed by atoms with E-state index in [1.54, 1.807) is 0 Å². The van der Waals surface area contributed by atoms with Gasteiger partial charge in [-0.1, -0.05) is 13.8 Å². The van der Waals surface area contributed by atoms with Gasteiger partial charge in [0.1, 0.15) is 0 Å². The summed E-state index contributed by atoms with van der Waals surface area (Å²) in [6.45, 7) is 4.83. The van der Waals surface area contributed by atoms with Crippen LogP contribution in [-0.2, 0) is 6.18 Å². The second-order valence-electron chi connectivity index (χ2n) is 5.88. The molecule has 0 aromatic heterocycles. The van der Waals surface area contributed by atoms with Gasteiger partial charge < -0.3 is 4.90 Å². The summed E-state index contributed by atoms with van der Waals surface area (Å²) in [5.74, 6) is 0.186. The van der Waals surface area contributed by atoms with Gasteiger partial charge >= 0.3 is 6.18 Å². The number of likely N-dealkylation sites (tertiary alicyclic amines) is 1. The quantitative estimate of drug-likeness (QED) is 0.794. The fourth-order valence-corrected chi connectivity index (χ4v) is 2.87. The van der Waals surface area contributed by atoms with Crippen molar-refractivity contribution >= 4 is 5.91 Å². The Bertz CT molecular complexity index is 493. The average Bonchev–Trinajstić information content (AvgIpc) is 2.45. The van der Waals surface area contributed by atoms with E-state index < -0.39 is 11.7 Å². The number of carbonyl (C=O) groups is 1. The molecule has 0 aliphatic carbocycles. The molecule has 0 N–H and O–H groups in total. The van der Waals surface area contributed by atoms with Crippen LogP contribution in [0.1, 0.15) is 49.0 Å². The minimum atomic E-state index is -4.37. The monoisotopic (exact) mass is 299 g/mol. The number of hydrogen-bond acceptors (Lipinski definition) is 1. The van der Waals surface area contributed by atoms with Crippen molar-refractivity contribution in [3.8, 4) is 0 Å². The summed E-state index contributed by atoms with van der Waals surface area (Å²) in [5.41, 5.74) is -0.395. The summed E-state index contributed by atoms with van der Waals surface area (Å²) < 4.78 is 37.6. The van der Waals surface area contributed by atoms with E-state index in [0.29, 0.717) is 18.0 Å². The van der Waals surface area contributed by atoms with Gasteiger partial charge in [-0.05, 0) is 49.4 Å². The first-order valence-corrected chi connectivity index (χ1v) is 7.29. The van der Waals surface area contributed by atoms with Crippen molar-refractivity contribution in [1.82, 2.24) is 4.90 Å². The molecule has 0 bridgehead atoms. The van der Waals surface area contributed by atoms with Crippen LogP contribution in [-0.4, -0.2) is 23.4 Å². The van der Waals surface area contributed by atoms with E-state index in [0.717, 1.165) is 31.4 Å². The fourth-order valence-electron chi connectivity index (χ4n) is 2.87. The summed E-state index contributed by atoms with van der Waals surface area (Å²) in [6, 6.07) is 4.67. The number of hydrogen-bond donors (Lipinski definition) is 0. The molecule has 1 amide bonds. The second kappa shape index (κ2) is 6.08. The molecule has 1 fully saturated rings. The molecule has 0 saturated carbocycles. The molecule has 21 heavy (non-hydrogen) atoms. The Morgan fingerprint density at radius 3 is 2.33 bits per heavy atom. The first-order valence-electron chi connectivity index (χ1n) is 7.29.